The number of amides is 1. The number of nitrogens with zero attached hydrogens (tertiary/aromatic N) is 3. The highest BCUT2D eigenvalue weighted by molar-refractivity contribution is 5.88. The van der Waals surface area contributed by atoms with Gasteiger partial charge in [0.25, 0.3) is 0 Å². The number of aromatic nitrogens is 1. The van der Waals surface area contributed by atoms with Crippen molar-refractivity contribution < 1.29 is 19.1 Å². The highest BCUT2D eigenvalue weighted by Crippen LogP contribution is 2.39. The van der Waals surface area contributed by atoms with Crippen molar-refractivity contribution >= 4 is 11.9 Å². The van der Waals surface area contributed by atoms with E-state index in [4.69, 9.17) is 9.47 Å². The SMILES string of the molecule is COCCN1CCCC2(CCCN2Cc2cccc(C(=O)OC)n2)C1=O. The molecule has 2 aliphatic heterocycles. The lowest BCUT2D eigenvalue weighted by Crippen LogP contribution is -2.60. The van der Waals surface area contributed by atoms with Gasteiger partial charge in [0.1, 0.15) is 11.2 Å². The molecule has 1 spiro atoms. The number of carbonyl (C=O) groups is 2. The average Bonchev–Trinajstić information content (AvgIpc) is 3.05. The molecule has 26 heavy (non-hydrogen) atoms. The molecular weight excluding hydrogens is 334 g/mol. The van der Waals surface area contributed by atoms with E-state index < -0.39 is 11.5 Å². The van der Waals surface area contributed by atoms with Crippen LogP contribution < -0.4 is 0 Å². The van der Waals surface area contributed by atoms with Gasteiger partial charge in [0.15, 0.2) is 0 Å². The smallest absolute Gasteiger partial charge is 0.356 e. The van der Waals surface area contributed by atoms with Gasteiger partial charge in [-0.2, -0.15) is 0 Å². The lowest BCUT2D eigenvalue weighted by molar-refractivity contribution is -0.148. The largest absolute Gasteiger partial charge is 0.464 e. The number of methoxy groups -OCH3 is 2. The minimum Gasteiger partial charge on any atom is -0.464 e. The van der Waals surface area contributed by atoms with Gasteiger partial charge in [-0.05, 0) is 44.4 Å². The van der Waals surface area contributed by atoms with Gasteiger partial charge in [-0.1, -0.05) is 6.07 Å². The predicted molar refractivity (Wildman–Crippen MR) is 95.6 cm³/mol. The highest BCUT2D eigenvalue weighted by Gasteiger charge is 2.50. The number of rotatable bonds is 6. The molecule has 2 fully saturated rings. The topological polar surface area (TPSA) is 72.0 Å². The number of piperidine rings is 1. The van der Waals surface area contributed by atoms with Crippen molar-refractivity contribution in [3.8, 4) is 0 Å². The second kappa shape index (κ2) is 8.14. The van der Waals surface area contributed by atoms with E-state index in [1.54, 1.807) is 13.2 Å². The van der Waals surface area contributed by atoms with Gasteiger partial charge >= 0.3 is 5.97 Å². The monoisotopic (exact) mass is 361 g/mol. The first-order valence-corrected chi connectivity index (χ1v) is 9.18. The van der Waals surface area contributed by atoms with Gasteiger partial charge in [-0.3, -0.25) is 9.69 Å². The number of esters is 1. The second-order valence-corrected chi connectivity index (χ2v) is 6.95. The Hall–Kier alpha value is -1.99. The van der Waals surface area contributed by atoms with Crippen molar-refractivity contribution in [2.45, 2.75) is 37.8 Å². The first-order valence-electron chi connectivity index (χ1n) is 9.18. The molecule has 2 saturated heterocycles. The van der Waals surface area contributed by atoms with Crippen LogP contribution in [0.3, 0.4) is 0 Å². The van der Waals surface area contributed by atoms with Crippen LogP contribution in [0, 0.1) is 0 Å². The normalized spacial score (nSPS) is 23.6. The third-order valence-electron chi connectivity index (χ3n) is 5.45. The molecule has 7 nitrogen and oxygen atoms in total. The maximum Gasteiger partial charge on any atom is 0.356 e. The van der Waals surface area contributed by atoms with E-state index in [0.29, 0.717) is 25.4 Å². The molecule has 1 aromatic heterocycles. The Bertz CT molecular complexity index is 666. The molecule has 0 radical (unpaired) electrons. The third-order valence-corrected chi connectivity index (χ3v) is 5.45. The molecule has 1 amide bonds. The van der Waals surface area contributed by atoms with Crippen molar-refractivity contribution in [3.05, 3.63) is 29.6 Å². The van der Waals surface area contributed by atoms with E-state index in [0.717, 1.165) is 44.5 Å². The second-order valence-electron chi connectivity index (χ2n) is 6.95. The van der Waals surface area contributed by atoms with E-state index in [9.17, 15) is 9.59 Å². The van der Waals surface area contributed by atoms with Crippen LogP contribution >= 0.6 is 0 Å². The molecule has 7 heteroatoms. The number of hydrogen-bond acceptors (Lipinski definition) is 6. The maximum absolute atomic E-state index is 13.2. The average molecular weight is 361 g/mol. The molecule has 0 bridgehead atoms. The summed E-state index contributed by atoms with van der Waals surface area (Å²) in [6, 6.07) is 5.35. The van der Waals surface area contributed by atoms with Crippen molar-refractivity contribution in [2.24, 2.45) is 0 Å². The Morgan fingerprint density at radius 1 is 1.23 bits per heavy atom. The fraction of sp³-hybridized carbons (Fsp3) is 0.632. The fourth-order valence-corrected chi connectivity index (χ4v) is 4.15. The number of carbonyl (C=O) groups excluding carboxylic acids is 2. The molecule has 1 aromatic rings. The maximum atomic E-state index is 13.2. The summed E-state index contributed by atoms with van der Waals surface area (Å²) in [5.41, 5.74) is 0.653. The minimum atomic E-state index is -0.442. The van der Waals surface area contributed by atoms with Gasteiger partial charge in [0.2, 0.25) is 5.91 Å². The molecule has 142 valence electrons. The molecule has 0 saturated carbocycles. The standard InChI is InChI=1S/C19H27N3O4/c1-25-13-12-21-10-4-8-19(18(21)24)9-5-11-22(19)14-15-6-3-7-16(20-15)17(23)26-2/h3,6-7H,4-5,8-14H2,1-2H3. The van der Waals surface area contributed by atoms with E-state index in [1.807, 2.05) is 17.0 Å². The summed E-state index contributed by atoms with van der Waals surface area (Å²) in [5, 5.41) is 0. The molecule has 3 rings (SSSR count). The minimum absolute atomic E-state index is 0.211. The van der Waals surface area contributed by atoms with E-state index >= 15 is 0 Å². The molecule has 0 aromatic carbocycles. The lowest BCUT2D eigenvalue weighted by atomic mass is 9.85. The van der Waals surface area contributed by atoms with E-state index in [-0.39, 0.29) is 5.91 Å². The van der Waals surface area contributed by atoms with Gasteiger partial charge in [-0.25, -0.2) is 9.78 Å². The Labute approximate surface area is 154 Å². The lowest BCUT2D eigenvalue weighted by Gasteiger charge is -2.44. The van der Waals surface area contributed by atoms with Gasteiger partial charge < -0.3 is 14.4 Å². The number of pyridine rings is 1. The molecule has 2 aliphatic rings. The van der Waals surface area contributed by atoms with E-state index in [1.165, 1.54) is 7.11 Å². The number of hydrogen-bond donors (Lipinski definition) is 0. The van der Waals surface area contributed by atoms with E-state index in [2.05, 4.69) is 9.88 Å². The van der Waals surface area contributed by atoms with Crippen LogP contribution in [0.15, 0.2) is 18.2 Å². The Kier molecular flexibility index (Phi) is 5.88. The summed E-state index contributed by atoms with van der Waals surface area (Å²) in [5.74, 6) is -0.232. The molecule has 0 N–H and O–H groups in total. The molecule has 0 aliphatic carbocycles. The van der Waals surface area contributed by atoms with Gasteiger partial charge in [-0.15, -0.1) is 0 Å². The first-order chi connectivity index (χ1) is 12.6. The Morgan fingerprint density at radius 3 is 2.73 bits per heavy atom. The zero-order chi connectivity index (χ0) is 18.6. The summed E-state index contributed by atoms with van der Waals surface area (Å²) >= 11 is 0. The van der Waals surface area contributed by atoms with Crippen LogP contribution in [0.1, 0.15) is 41.9 Å². The van der Waals surface area contributed by atoms with Gasteiger partial charge in [0, 0.05) is 26.7 Å². The molecule has 1 unspecified atom stereocenters. The molecular formula is C19H27N3O4. The number of likely N-dealkylation sites (tertiary alicyclic amines) is 2. The zero-order valence-corrected chi connectivity index (χ0v) is 15.6. The summed E-state index contributed by atoms with van der Waals surface area (Å²) in [7, 11) is 3.01. The quantitative estimate of drug-likeness (QED) is 0.715. The zero-order valence-electron chi connectivity index (χ0n) is 15.6. The Morgan fingerprint density at radius 2 is 2.00 bits per heavy atom. The Balaban J connectivity index is 1.77. The van der Waals surface area contributed by atoms with Crippen LogP contribution in [-0.2, 0) is 20.8 Å². The highest BCUT2D eigenvalue weighted by atomic mass is 16.5. The van der Waals surface area contributed by atoms with Crippen LogP contribution in [0.25, 0.3) is 0 Å². The van der Waals surface area contributed by atoms with Crippen LogP contribution in [-0.4, -0.2) is 72.7 Å². The molecule has 3 heterocycles. The summed E-state index contributed by atoms with van der Waals surface area (Å²) < 4.78 is 9.90. The molecule has 1 atom stereocenters. The fourth-order valence-electron chi connectivity index (χ4n) is 4.15. The van der Waals surface area contributed by atoms with Crippen LogP contribution in [0.2, 0.25) is 0 Å². The van der Waals surface area contributed by atoms with Crippen molar-refractivity contribution in [3.63, 3.8) is 0 Å². The van der Waals surface area contributed by atoms with Gasteiger partial charge in [0.05, 0.1) is 19.4 Å². The summed E-state index contributed by atoms with van der Waals surface area (Å²) in [4.78, 5) is 33.5. The van der Waals surface area contributed by atoms with Crippen molar-refractivity contribution in [2.75, 3.05) is 40.5 Å². The van der Waals surface area contributed by atoms with Crippen LogP contribution in [0.5, 0.6) is 0 Å². The van der Waals surface area contributed by atoms with Crippen LogP contribution in [0.4, 0.5) is 0 Å². The first kappa shape index (κ1) is 18.8. The predicted octanol–water partition coefficient (Wildman–Crippen LogP) is 1.47. The summed E-state index contributed by atoms with van der Waals surface area (Å²) in [6.45, 7) is 3.43. The third kappa shape index (κ3) is 3.59. The van der Waals surface area contributed by atoms with Crippen molar-refractivity contribution in [1.29, 1.82) is 0 Å². The van der Waals surface area contributed by atoms with Crippen molar-refractivity contribution in [1.82, 2.24) is 14.8 Å². The number of ether oxygens (including phenoxy) is 2. The summed E-state index contributed by atoms with van der Waals surface area (Å²) in [6.07, 6.45) is 3.76.